The number of benzene rings is 1. The summed E-state index contributed by atoms with van der Waals surface area (Å²) >= 11 is 0. The molecule has 0 saturated heterocycles. The number of carbonyl (C=O) groups excluding carboxylic acids is 1. The number of likely N-dealkylation sites (N-methyl/N-ethyl adjacent to an activating group) is 1. The Bertz CT molecular complexity index is 950. The van der Waals surface area contributed by atoms with Crippen LogP contribution in [0, 0.1) is 11.7 Å². The molecule has 1 aliphatic carbocycles. The van der Waals surface area contributed by atoms with E-state index in [1.54, 1.807) is 19.2 Å². The van der Waals surface area contributed by atoms with Crippen molar-refractivity contribution < 1.29 is 24.1 Å². The summed E-state index contributed by atoms with van der Waals surface area (Å²) in [7, 11) is 3.59. The molecule has 1 fully saturated rings. The predicted molar refractivity (Wildman–Crippen MR) is 121 cm³/mol. The number of methoxy groups -OCH3 is 1. The number of aromatic hydroxyl groups is 2. The monoisotopic (exact) mass is 460 g/mol. The number of amides is 1. The molecule has 8 nitrogen and oxygen atoms in total. The van der Waals surface area contributed by atoms with Gasteiger partial charge in [-0.2, -0.15) is 4.98 Å². The minimum Gasteiger partial charge on any atom is -0.501 e. The molecule has 3 N–H and O–H groups in total. The average Bonchev–Trinajstić information content (AvgIpc) is 2.81. The highest BCUT2D eigenvalue weighted by atomic mass is 19.1. The average molecular weight is 461 g/mol. The van der Waals surface area contributed by atoms with Crippen LogP contribution in [0.3, 0.4) is 0 Å². The van der Waals surface area contributed by atoms with Crippen LogP contribution in [-0.2, 0) is 17.7 Å². The molecule has 3 rings (SSSR count). The highest BCUT2D eigenvalue weighted by molar-refractivity contribution is 5.95. The number of ether oxygens (including phenoxy) is 1. The summed E-state index contributed by atoms with van der Waals surface area (Å²) in [5.41, 5.74) is -0.407. The third kappa shape index (κ3) is 6.39. The molecule has 1 aromatic heterocycles. The van der Waals surface area contributed by atoms with Crippen LogP contribution in [0.2, 0.25) is 0 Å². The lowest BCUT2D eigenvalue weighted by atomic mass is 9.88. The Balaban J connectivity index is 1.72. The van der Waals surface area contributed by atoms with E-state index >= 15 is 0 Å². The molecule has 180 valence electrons. The van der Waals surface area contributed by atoms with Crippen molar-refractivity contribution >= 4 is 5.91 Å². The van der Waals surface area contributed by atoms with Crippen molar-refractivity contribution in [3.05, 3.63) is 47.2 Å². The molecule has 0 aliphatic heterocycles. The van der Waals surface area contributed by atoms with Crippen molar-refractivity contribution in [2.24, 2.45) is 5.92 Å². The van der Waals surface area contributed by atoms with Gasteiger partial charge in [0.1, 0.15) is 17.4 Å². The maximum Gasteiger partial charge on any atom is 0.274 e. The second-order valence-electron chi connectivity index (χ2n) is 8.91. The van der Waals surface area contributed by atoms with Crippen LogP contribution in [0.5, 0.6) is 11.6 Å². The maximum atomic E-state index is 13.1. The van der Waals surface area contributed by atoms with Gasteiger partial charge in [-0.05, 0) is 50.4 Å². The molecular weight excluding hydrogens is 427 g/mol. The van der Waals surface area contributed by atoms with Crippen molar-refractivity contribution in [3.63, 3.8) is 0 Å². The highest BCUT2D eigenvalue weighted by Gasteiger charge is 2.33. The van der Waals surface area contributed by atoms with Gasteiger partial charge in [-0.15, -0.1) is 0 Å². The normalized spacial score (nSPS) is 16.5. The van der Waals surface area contributed by atoms with Gasteiger partial charge in [0.25, 0.3) is 11.8 Å². The highest BCUT2D eigenvalue weighted by Crippen LogP contribution is 2.30. The van der Waals surface area contributed by atoms with E-state index in [0.29, 0.717) is 11.5 Å². The van der Waals surface area contributed by atoms with E-state index in [9.17, 15) is 19.4 Å². The standard InChI is InChI=1S/C24H33FN4O4/c1-24(33-3,29(2)15-17-7-5-4-6-8-17)13-19-27-20(21(30)23(32)28-19)22(31)26-14-16-9-11-18(25)12-10-16/h9-12,17,30H,4-8,13-15H2,1-3H3,(H,26,31)(H,27,28,32). The van der Waals surface area contributed by atoms with Gasteiger partial charge in [0, 0.05) is 20.2 Å². The van der Waals surface area contributed by atoms with E-state index < -0.39 is 23.3 Å². The Labute approximate surface area is 193 Å². The van der Waals surface area contributed by atoms with Gasteiger partial charge in [-0.1, -0.05) is 31.4 Å². The molecule has 0 bridgehead atoms. The van der Waals surface area contributed by atoms with Gasteiger partial charge in [0.2, 0.25) is 5.75 Å². The lowest BCUT2D eigenvalue weighted by Crippen LogP contribution is -2.49. The molecule has 1 unspecified atom stereocenters. The number of carbonyl (C=O) groups is 1. The van der Waals surface area contributed by atoms with Gasteiger partial charge < -0.3 is 20.3 Å². The lowest BCUT2D eigenvalue weighted by molar-refractivity contribution is -0.118. The maximum absolute atomic E-state index is 13.1. The van der Waals surface area contributed by atoms with Gasteiger partial charge >= 0.3 is 0 Å². The molecule has 0 radical (unpaired) electrons. The fourth-order valence-corrected chi connectivity index (χ4v) is 4.20. The second-order valence-corrected chi connectivity index (χ2v) is 8.91. The summed E-state index contributed by atoms with van der Waals surface area (Å²) in [6.45, 7) is 2.88. The second kappa shape index (κ2) is 10.9. The smallest absolute Gasteiger partial charge is 0.274 e. The lowest BCUT2D eigenvalue weighted by Gasteiger charge is -2.39. The Morgan fingerprint density at radius 1 is 1.21 bits per heavy atom. The summed E-state index contributed by atoms with van der Waals surface area (Å²) in [5.74, 6) is -1.63. The van der Waals surface area contributed by atoms with E-state index in [-0.39, 0.29) is 30.3 Å². The fraction of sp³-hybridized carbons (Fsp3) is 0.542. The largest absolute Gasteiger partial charge is 0.501 e. The molecule has 9 heteroatoms. The molecular formula is C24H33FN4O4. The minimum atomic E-state index is -0.761. The van der Waals surface area contributed by atoms with Crippen LogP contribution < -0.4 is 5.32 Å². The summed E-state index contributed by atoms with van der Waals surface area (Å²) in [5, 5.41) is 22.9. The van der Waals surface area contributed by atoms with Crippen molar-refractivity contribution in [2.75, 3.05) is 20.7 Å². The van der Waals surface area contributed by atoms with E-state index in [1.807, 2.05) is 14.0 Å². The molecule has 1 heterocycles. The van der Waals surface area contributed by atoms with Crippen LogP contribution in [0.4, 0.5) is 4.39 Å². The molecule has 0 spiro atoms. The first-order valence-electron chi connectivity index (χ1n) is 11.3. The number of halogens is 1. The first-order chi connectivity index (χ1) is 15.7. The summed E-state index contributed by atoms with van der Waals surface area (Å²) in [6.07, 6.45) is 6.37. The number of hydrogen-bond donors (Lipinski definition) is 3. The molecule has 1 atom stereocenters. The third-order valence-electron chi connectivity index (χ3n) is 6.48. The molecule has 1 aliphatic rings. The zero-order chi connectivity index (χ0) is 24.0. The van der Waals surface area contributed by atoms with Crippen LogP contribution >= 0.6 is 0 Å². The zero-order valence-corrected chi connectivity index (χ0v) is 19.5. The van der Waals surface area contributed by atoms with Crippen LogP contribution in [-0.4, -0.2) is 57.4 Å². The molecule has 1 aromatic carbocycles. The van der Waals surface area contributed by atoms with E-state index in [2.05, 4.69) is 20.2 Å². The first kappa shape index (κ1) is 24.9. The van der Waals surface area contributed by atoms with E-state index in [1.165, 1.54) is 44.2 Å². The topological polar surface area (TPSA) is 108 Å². The molecule has 1 amide bonds. The first-order valence-corrected chi connectivity index (χ1v) is 11.3. The minimum absolute atomic E-state index is 0.110. The van der Waals surface area contributed by atoms with Crippen molar-refractivity contribution in [1.82, 2.24) is 20.2 Å². The van der Waals surface area contributed by atoms with Gasteiger partial charge in [-0.3, -0.25) is 9.69 Å². The van der Waals surface area contributed by atoms with E-state index in [4.69, 9.17) is 4.74 Å². The van der Waals surface area contributed by atoms with Crippen LogP contribution in [0.15, 0.2) is 24.3 Å². The van der Waals surface area contributed by atoms with Crippen LogP contribution in [0.25, 0.3) is 0 Å². The molecule has 2 aromatic rings. The number of aromatic nitrogens is 2. The Morgan fingerprint density at radius 2 is 1.88 bits per heavy atom. The Morgan fingerprint density at radius 3 is 2.52 bits per heavy atom. The Hall–Kier alpha value is -2.78. The number of hydrogen-bond acceptors (Lipinski definition) is 7. The summed E-state index contributed by atoms with van der Waals surface area (Å²) < 4.78 is 18.9. The quantitative estimate of drug-likeness (QED) is 0.493. The van der Waals surface area contributed by atoms with Gasteiger partial charge in [0.15, 0.2) is 5.69 Å². The zero-order valence-electron chi connectivity index (χ0n) is 19.5. The van der Waals surface area contributed by atoms with Crippen molar-refractivity contribution in [1.29, 1.82) is 0 Å². The number of nitrogens with zero attached hydrogens (tertiary/aromatic N) is 3. The van der Waals surface area contributed by atoms with Crippen LogP contribution in [0.1, 0.15) is 60.9 Å². The number of nitrogens with one attached hydrogen (secondary N) is 1. The van der Waals surface area contributed by atoms with Crippen molar-refractivity contribution in [2.45, 2.75) is 57.7 Å². The molecule has 1 saturated carbocycles. The van der Waals surface area contributed by atoms with E-state index in [0.717, 1.165) is 6.54 Å². The summed E-state index contributed by atoms with van der Waals surface area (Å²) in [4.78, 5) is 23.0. The summed E-state index contributed by atoms with van der Waals surface area (Å²) in [6, 6.07) is 5.68. The third-order valence-corrected chi connectivity index (χ3v) is 6.48. The SMILES string of the molecule is COC(C)(Cc1nc(O)c(O)c(C(=O)NCc2ccc(F)cc2)n1)N(C)CC1CCCCC1. The van der Waals surface area contributed by atoms with Gasteiger partial charge in [0.05, 0.1) is 6.42 Å². The molecule has 33 heavy (non-hydrogen) atoms. The Kier molecular flexibility index (Phi) is 8.20. The van der Waals surface area contributed by atoms with Gasteiger partial charge in [-0.25, -0.2) is 9.37 Å². The predicted octanol–water partition coefficient (Wildman–Crippen LogP) is 3.37. The number of rotatable bonds is 9. The fourth-order valence-electron chi connectivity index (χ4n) is 4.20. The van der Waals surface area contributed by atoms with Crippen molar-refractivity contribution in [3.8, 4) is 11.6 Å².